The van der Waals surface area contributed by atoms with Crippen molar-refractivity contribution < 1.29 is 4.42 Å². The molecule has 3 heterocycles. The van der Waals surface area contributed by atoms with Crippen molar-refractivity contribution in [2.24, 2.45) is 5.92 Å². The lowest BCUT2D eigenvalue weighted by molar-refractivity contribution is 0.297. The third-order valence-electron chi connectivity index (χ3n) is 4.41. The van der Waals surface area contributed by atoms with Gasteiger partial charge in [0.15, 0.2) is 5.58 Å². The Bertz CT molecular complexity index is 595. The molecule has 0 amide bonds. The summed E-state index contributed by atoms with van der Waals surface area (Å²) >= 11 is 0. The van der Waals surface area contributed by atoms with Crippen LogP contribution in [-0.2, 0) is 0 Å². The zero-order chi connectivity index (χ0) is 12.7. The van der Waals surface area contributed by atoms with Gasteiger partial charge in [-0.2, -0.15) is 0 Å². The van der Waals surface area contributed by atoms with E-state index in [0.717, 1.165) is 35.7 Å². The minimum Gasteiger partial charge on any atom is -0.455 e. The summed E-state index contributed by atoms with van der Waals surface area (Å²) in [5, 5.41) is 3.62. The van der Waals surface area contributed by atoms with E-state index < -0.39 is 0 Å². The zero-order valence-electron chi connectivity index (χ0n) is 10.9. The van der Waals surface area contributed by atoms with Gasteiger partial charge in [-0.3, -0.25) is 4.98 Å². The summed E-state index contributed by atoms with van der Waals surface area (Å²) in [4.78, 5) is 4.34. The van der Waals surface area contributed by atoms with Crippen LogP contribution in [-0.4, -0.2) is 17.6 Å². The number of aromatic nitrogens is 1. The first-order valence-electron chi connectivity index (χ1n) is 7.19. The molecule has 1 fully saturated rings. The fourth-order valence-electron chi connectivity index (χ4n) is 3.37. The summed E-state index contributed by atoms with van der Waals surface area (Å²) < 4.78 is 5.93. The quantitative estimate of drug-likeness (QED) is 0.848. The third-order valence-corrected chi connectivity index (χ3v) is 4.41. The molecule has 2 aliphatic rings. The minimum atomic E-state index is 0.540. The highest BCUT2D eigenvalue weighted by Gasteiger charge is 2.28. The highest BCUT2D eigenvalue weighted by Crippen LogP contribution is 2.35. The number of pyridine rings is 1. The molecule has 0 spiro atoms. The molecule has 1 N–H and O–H groups in total. The Morgan fingerprint density at radius 2 is 2.32 bits per heavy atom. The van der Waals surface area contributed by atoms with Gasteiger partial charge in [-0.25, -0.2) is 0 Å². The Balaban J connectivity index is 1.69. The lowest BCUT2D eigenvalue weighted by Gasteiger charge is -2.34. The Labute approximate surface area is 112 Å². The fourth-order valence-corrected chi connectivity index (χ4v) is 3.37. The second kappa shape index (κ2) is 4.49. The first-order valence-corrected chi connectivity index (χ1v) is 7.19. The Hall–Kier alpha value is -1.61. The normalized spacial score (nSPS) is 27.1. The van der Waals surface area contributed by atoms with Crippen LogP contribution < -0.4 is 5.32 Å². The van der Waals surface area contributed by atoms with Gasteiger partial charge < -0.3 is 9.73 Å². The smallest absolute Gasteiger partial charge is 0.153 e. The second-order valence-corrected chi connectivity index (χ2v) is 5.61. The zero-order valence-corrected chi connectivity index (χ0v) is 10.9. The van der Waals surface area contributed by atoms with Gasteiger partial charge in [-0.05, 0) is 55.9 Å². The van der Waals surface area contributed by atoms with E-state index in [1.54, 1.807) is 0 Å². The van der Waals surface area contributed by atoms with E-state index >= 15 is 0 Å². The van der Waals surface area contributed by atoms with Crippen molar-refractivity contribution in [3.8, 4) is 0 Å². The van der Waals surface area contributed by atoms with Crippen LogP contribution in [0.5, 0.6) is 0 Å². The monoisotopic (exact) mass is 254 g/mol. The van der Waals surface area contributed by atoms with Crippen LogP contribution in [0.25, 0.3) is 16.7 Å². The molecule has 98 valence electrons. The van der Waals surface area contributed by atoms with Gasteiger partial charge in [0.05, 0.1) is 0 Å². The van der Waals surface area contributed by atoms with Crippen molar-refractivity contribution in [1.82, 2.24) is 10.3 Å². The lowest BCUT2D eigenvalue weighted by Crippen LogP contribution is -2.41. The van der Waals surface area contributed by atoms with E-state index in [1.165, 1.54) is 24.8 Å². The predicted molar refractivity (Wildman–Crippen MR) is 75.7 cm³/mol. The largest absolute Gasteiger partial charge is 0.455 e. The van der Waals surface area contributed by atoms with E-state index in [0.29, 0.717) is 6.04 Å². The van der Waals surface area contributed by atoms with Crippen LogP contribution in [0.15, 0.2) is 34.9 Å². The second-order valence-electron chi connectivity index (χ2n) is 5.61. The molecule has 0 aromatic carbocycles. The molecular weight excluding hydrogens is 236 g/mol. The van der Waals surface area contributed by atoms with Crippen LogP contribution in [0.3, 0.4) is 0 Å². The number of nitrogens with one attached hydrogen (secondary N) is 1. The van der Waals surface area contributed by atoms with Crippen molar-refractivity contribution in [2.75, 3.05) is 6.54 Å². The van der Waals surface area contributed by atoms with E-state index in [4.69, 9.17) is 4.42 Å². The molecule has 2 aromatic heterocycles. The molecule has 0 bridgehead atoms. The topological polar surface area (TPSA) is 38.1 Å². The molecule has 2 atom stereocenters. The molecule has 0 saturated carbocycles. The van der Waals surface area contributed by atoms with E-state index in [2.05, 4.69) is 22.4 Å². The van der Waals surface area contributed by atoms with Gasteiger partial charge >= 0.3 is 0 Å². The standard InChI is InChI=1S/C16H18N2O/c1-3-11-5-6-12(9-13(11)17-7-1)16-10-14-15(19-16)4-2-8-18-14/h2,4,8-11,13,17H,1,3,5-7H2/t11-,13+/m1/s1. The number of hydrogen-bond donors (Lipinski definition) is 1. The van der Waals surface area contributed by atoms with Gasteiger partial charge in [0, 0.05) is 18.3 Å². The van der Waals surface area contributed by atoms with Crippen molar-refractivity contribution in [1.29, 1.82) is 0 Å². The van der Waals surface area contributed by atoms with Gasteiger partial charge in [0.2, 0.25) is 0 Å². The molecule has 4 rings (SSSR count). The fraction of sp³-hybridized carbons (Fsp3) is 0.438. The first-order chi connectivity index (χ1) is 9.40. The van der Waals surface area contributed by atoms with Crippen LogP contribution in [0.4, 0.5) is 0 Å². The Morgan fingerprint density at radius 3 is 3.26 bits per heavy atom. The average Bonchev–Trinajstić information content (AvgIpc) is 2.90. The summed E-state index contributed by atoms with van der Waals surface area (Å²) in [7, 11) is 0. The molecule has 19 heavy (non-hydrogen) atoms. The van der Waals surface area contributed by atoms with Crippen LogP contribution in [0.2, 0.25) is 0 Å². The number of hydrogen-bond acceptors (Lipinski definition) is 3. The van der Waals surface area contributed by atoms with Crippen LogP contribution >= 0.6 is 0 Å². The van der Waals surface area contributed by atoms with Crippen LogP contribution in [0.1, 0.15) is 31.4 Å². The summed E-state index contributed by atoms with van der Waals surface area (Å²) in [6.45, 7) is 1.15. The van der Waals surface area contributed by atoms with Crippen molar-refractivity contribution >= 4 is 16.7 Å². The van der Waals surface area contributed by atoms with E-state index in [-0.39, 0.29) is 0 Å². The molecule has 0 radical (unpaired) electrons. The van der Waals surface area contributed by atoms with Gasteiger partial charge in [0.1, 0.15) is 11.3 Å². The molecule has 1 aliphatic heterocycles. The average molecular weight is 254 g/mol. The summed E-state index contributed by atoms with van der Waals surface area (Å²) in [6.07, 6.45) is 9.28. The van der Waals surface area contributed by atoms with E-state index in [1.807, 2.05) is 18.3 Å². The van der Waals surface area contributed by atoms with Crippen LogP contribution in [0, 0.1) is 5.92 Å². The molecular formula is C16H18N2O. The maximum absolute atomic E-state index is 5.93. The minimum absolute atomic E-state index is 0.540. The summed E-state index contributed by atoms with van der Waals surface area (Å²) in [6, 6.07) is 6.52. The summed E-state index contributed by atoms with van der Waals surface area (Å²) in [5.74, 6) is 1.82. The summed E-state index contributed by atoms with van der Waals surface area (Å²) in [5.41, 5.74) is 3.18. The maximum Gasteiger partial charge on any atom is 0.153 e. The van der Waals surface area contributed by atoms with Gasteiger partial charge in [0.25, 0.3) is 0 Å². The van der Waals surface area contributed by atoms with Crippen molar-refractivity contribution in [3.05, 3.63) is 36.2 Å². The molecule has 3 heteroatoms. The van der Waals surface area contributed by atoms with Gasteiger partial charge in [-0.15, -0.1) is 0 Å². The van der Waals surface area contributed by atoms with Crippen molar-refractivity contribution in [2.45, 2.75) is 31.7 Å². The highest BCUT2D eigenvalue weighted by molar-refractivity contribution is 5.78. The maximum atomic E-state index is 5.93. The van der Waals surface area contributed by atoms with Gasteiger partial charge in [-0.1, -0.05) is 6.08 Å². The number of fused-ring (bicyclic) bond motifs is 2. The Kier molecular flexibility index (Phi) is 2.66. The molecule has 0 unspecified atom stereocenters. The SMILES string of the molecule is C1=C(c2cc3ncccc3o2)CC[C@H]2CCCN[C@@H]12. The molecule has 2 aromatic rings. The molecule has 1 aliphatic carbocycles. The number of allylic oxidation sites excluding steroid dienone is 1. The number of furan rings is 1. The lowest BCUT2D eigenvalue weighted by atomic mass is 9.80. The number of piperidine rings is 1. The van der Waals surface area contributed by atoms with E-state index in [9.17, 15) is 0 Å². The number of rotatable bonds is 1. The molecule has 1 saturated heterocycles. The third kappa shape index (κ3) is 1.98. The first kappa shape index (κ1) is 11.2. The molecule has 3 nitrogen and oxygen atoms in total. The van der Waals surface area contributed by atoms with Crippen molar-refractivity contribution in [3.63, 3.8) is 0 Å². The number of nitrogens with zero attached hydrogens (tertiary/aromatic N) is 1. The predicted octanol–water partition coefficient (Wildman–Crippen LogP) is 3.37. The Morgan fingerprint density at radius 1 is 1.32 bits per heavy atom. The highest BCUT2D eigenvalue weighted by atomic mass is 16.3.